The fourth-order valence-corrected chi connectivity index (χ4v) is 9.54. The summed E-state index contributed by atoms with van der Waals surface area (Å²) in [5.41, 5.74) is 3.43. The molecule has 2 aromatic rings. The Labute approximate surface area is 252 Å². The summed E-state index contributed by atoms with van der Waals surface area (Å²) in [5, 5.41) is -0.0598. The van der Waals surface area contributed by atoms with Gasteiger partial charge in [0.2, 0.25) is 15.9 Å². The minimum Gasteiger partial charge on any atom is -0.490 e. The molecular weight excluding hydrogens is 574 g/mol. The van der Waals surface area contributed by atoms with Crippen molar-refractivity contribution in [2.45, 2.75) is 68.5 Å². The van der Waals surface area contributed by atoms with Gasteiger partial charge in [-0.15, -0.1) is 0 Å². The highest BCUT2D eigenvalue weighted by atomic mass is 35.5. The first-order valence-corrected chi connectivity index (χ1v) is 17.3. The van der Waals surface area contributed by atoms with E-state index >= 15 is 0 Å². The normalized spacial score (nSPS) is 30.7. The Hall–Kier alpha value is -2.78. The van der Waals surface area contributed by atoms with Gasteiger partial charge in [-0.2, -0.15) is 0 Å². The van der Waals surface area contributed by atoms with Crippen LogP contribution in [0.3, 0.4) is 0 Å². The maximum atomic E-state index is 13.4. The summed E-state index contributed by atoms with van der Waals surface area (Å²) in [6.45, 7) is 2.76. The molecule has 3 heterocycles. The summed E-state index contributed by atoms with van der Waals surface area (Å²) in [6, 6.07) is 11.5. The van der Waals surface area contributed by atoms with E-state index in [9.17, 15) is 18.0 Å². The quantitative estimate of drug-likeness (QED) is 0.465. The van der Waals surface area contributed by atoms with Crippen LogP contribution >= 0.6 is 11.6 Å². The summed E-state index contributed by atoms with van der Waals surface area (Å²) in [5.74, 6) is 0.965. The third-order valence-corrected chi connectivity index (χ3v) is 12.4. The van der Waals surface area contributed by atoms with E-state index < -0.39 is 21.2 Å². The summed E-state index contributed by atoms with van der Waals surface area (Å²) < 4.78 is 35.5. The fourth-order valence-electron chi connectivity index (χ4n) is 7.95. The molecule has 0 unspecified atom stereocenters. The minimum absolute atomic E-state index is 0.0195. The van der Waals surface area contributed by atoms with E-state index in [-0.39, 0.29) is 17.9 Å². The van der Waals surface area contributed by atoms with E-state index in [1.807, 2.05) is 12.1 Å². The lowest BCUT2D eigenvalue weighted by Gasteiger charge is -2.45. The number of rotatable bonds is 0. The minimum atomic E-state index is -3.96. The number of piperidine rings is 1. The molecule has 1 saturated carbocycles. The number of aryl methyl sites for hydroxylation is 1. The molecule has 10 heteroatoms. The first-order valence-electron chi connectivity index (χ1n) is 15.4. The first kappa shape index (κ1) is 28.0. The van der Waals surface area contributed by atoms with Crippen LogP contribution in [0.4, 0.5) is 5.69 Å². The predicted molar refractivity (Wildman–Crippen MR) is 162 cm³/mol. The van der Waals surface area contributed by atoms with Gasteiger partial charge in [0.1, 0.15) is 5.75 Å². The largest absolute Gasteiger partial charge is 0.490 e. The monoisotopic (exact) mass is 611 g/mol. The lowest BCUT2D eigenvalue weighted by atomic mass is 9.69. The number of sulfonamides is 1. The van der Waals surface area contributed by atoms with E-state index in [1.54, 1.807) is 17.0 Å². The van der Waals surface area contributed by atoms with Crippen LogP contribution < -0.4 is 14.4 Å². The molecule has 3 aliphatic heterocycles. The second-order valence-electron chi connectivity index (χ2n) is 13.0. The van der Waals surface area contributed by atoms with Crippen molar-refractivity contribution in [3.05, 3.63) is 58.1 Å². The molecule has 2 aromatic carbocycles. The zero-order chi connectivity index (χ0) is 29.1. The van der Waals surface area contributed by atoms with Gasteiger partial charge in [0.05, 0.1) is 17.5 Å². The standard InChI is InChI=1S/C32H38ClN3O5S/c33-25-9-10-27-22(15-25)3-1-13-32(27)19-36-17-24-6-5-21(24)8-12-30(37)35-14-2-4-26(18-35)42(39,40)34-31(38)23-7-11-29(41-20-32)28(36)16-23/h7,9-11,15-16,21,24,26H,1-6,8,12-14,17-20H2,(H,34,38)/t21-,24-,26+,32-/m0/s1. The zero-order valence-electron chi connectivity index (χ0n) is 23.8. The van der Waals surface area contributed by atoms with Crippen LogP contribution in [-0.4, -0.2) is 63.2 Å². The molecule has 5 aliphatic rings. The number of anilines is 1. The third-order valence-electron chi connectivity index (χ3n) is 10.5. The number of amides is 2. The van der Waals surface area contributed by atoms with Crippen LogP contribution in [0.25, 0.3) is 0 Å². The van der Waals surface area contributed by atoms with Crippen LogP contribution in [0, 0.1) is 11.8 Å². The van der Waals surface area contributed by atoms with Gasteiger partial charge in [-0.3, -0.25) is 9.59 Å². The van der Waals surface area contributed by atoms with Crippen LogP contribution in [0.2, 0.25) is 5.02 Å². The van der Waals surface area contributed by atoms with Gasteiger partial charge in [0.25, 0.3) is 5.91 Å². The fraction of sp³-hybridized carbons (Fsp3) is 0.562. The number of hydrogen-bond acceptors (Lipinski definition) is 6. The molecule has 4 atom stereocenters. The maximum Gasteiger partial charge on any atom is 0.264 e. The number of ether oxygens (including phenoxy) is 1. The maximum absolute atomic E-state index is 13.4. The van der Waals surface area contributed by atoms with Gasteiger partial charge in [-0.05, 0) is 105 Å². The number of nitrogens with zero attached hydrogens (tertiary/aromatic N) is 2. The highest BCUT2D eigenvalue weighted by Crippen LogP contribution is 2.47. The molecular formula is C32H38ClN3O5S. The van der Waals surface area contributed by atoms with Crippen molar-refractivity contribution < 1.29 is 22.7 Å². The smallest absolute Gasteiger partial charge is 0.264 e. The molecule has 224 valence electrons. The Morgan fingerprint density at radius 2 is 1.79 bits per heavy atom. The number of hydrogen-bond donors (Lipinski definition) is 1. The Morgan fingerprint density at radius 1 is 0.929 bits per heavy atom. The van der Waals surface area contributed by atoms with Gasteiger partial charge < -0.3 is 14.5 Å². The van der Waals surface area contributed by atoms with Crippen molar-refractivity contribution in [3.8, 4) is 5.75 Å². The van der Waals surface area contributed by atoms with Crippen molar-refractivity contribution >= 4 is 39.1 Å². The predicted octanol–water partition coefficient (Wildman–Crippen LogP) is 4.68. The van der Waals surface area contributed by atoms with Gasteiger partial charge in [0.15, 0.2) is 0 Å². The topological polar surface area (TPSA) is 96.0 Å². The summed E-state index contributed by atoms with van der Waals surface area (Å²) in [7, 11) is -3.96. The Bertz CT molecular complexity index is 1530. The molecule has 42 heavy (non-hydrogen) atoms. The number of nitrogens with one attached hydrogen (secondary N) is 1. The van der Waals surface area contributed by atoms with Gasteiger partial charge in [-0.25, -0.2) is 13.1 Å². The molecule has 4 bridgehead atoms. The number of carbonyl (C=O) groups excluding carboxylic acids is 2. The molecule has 1 N–H and O–H groups in total. The summed E-state index contributed by atoms with van der Waals surface area (Å²) in [4.78, 5) is 30.6. The molecule has 1 spiro atoms. The highest BCUT2D eigenvalue weighted by Gasteiger charge is 2.44. The van der Waals surface area contributed by atoms with Crippen molar-refractivity contribution in [1.82, 2.24) is 9.62 Å². The number of fused-ring (bicyclic) bond motifs is 6. The molecule has 2 fully saturated rings. The summed E-state index contributed by atoms with van der Waals surface area (Å²) >= 11 is 6.39. The van der Waals surface area contributed by atoms with E-state index in [1.165, 1.54) is 11.1 Å². The second-order valence-corrected chi connectivity index (χ2v) is 15.4. The SMILES string of the molecule is O=C1NS(=O)(=O)[C@@H]2CCCN(C2)C(=O)CC[C@@H]2CC[C@H]2CN2C[C@@]3(CCCc4cc(Cl)ccc43)COc3ccc1cc32. The van der Waals surface area contributed by atoms with Crippen molar-refractivity contribution in [2.75, 3.05) is 37.7 Å². The average molecular weight is 612 g/mol. The van der Waals surface area contributed by atoms with Crippen molar-refractivity contribution in [2.24, 2.45) is 11.8 Å². The molecule has 8 nitrogen and oxygen atoms in total. The van der Waals surface area contributed by atoms with Crippen molar-refractivity contribution in [3.63, 3.8) is 0 Å². The van der Waals surface area contributed by atoms with E-state index in [2.05, 4.69) is 21.8 Å². The van der Waals surface area contributed by atoms with Gasteiger partial charge in [-0.1, -0.05) is 17.7 Å². The lowest BCUT2D eigenvalue weighted by molar-refractivity contribution is -0.132. The number of benzene rings is 2. The average Bonchev–Trinajstić information content (AvgIpc) is 3.11. The van der Waals surface area contributed by atoms with Crippen LogP contribution in [0.15, 0.2) is 36.4 Å². The Balaban J connectivity index is 1.28. The molecule has 2 amide bonds. The first-order chi connectivity index (χ1) is 20.2. The van der Waals surface area contributed by atoms with Crippen LogP contribution in [0.1, 0.15) is 72.9 Å². The highest BCUT2D eigenvalue weighted by molar-refractivity contribution is 7.90. The molecule has 0 aromatic heterocycles. The van der Waals surface area contributed by atoms with Crippen molar-refractivity contribution in [1.29, 1.82) is 0 Å². The number of halogens is 1. The number of carbonyl (C=O) groups is 2. The Kier molecular flexibility index (Phi) is 7.16. The van der Waals surface area contributed by atoms with Gasteiger partial charge >= 0.3 is 0 Å². The second kappa shape index (κ2) is 10.7. The van der Waals surface area contributed by atoms with E-state index in [0.29, 0.717) is 55.6 Å². The van der Waals surface area contributed by atoms with Gasteiger partial charge in [0, 0.05) is 48.6 Å². The van der Waals surface area contributed by atoms with Crippen LogP contribution in [0.5, 0.6) is 5.75 Å². The zero-order valence-corrected chi connectivity index (χ0v) is 25.4. The lowest BCUT2D eigenvalue weighted by Crippen LogP contribution is -2.50. The Morgan fingerprint density at radius 3 is 2.62 bits per heavy atom. The summed E-state index contributed by atoms with van der Waals surface area (Å²) in [6.07, 6.45) is 7.50. The van der Waals surface area contributed by atoms with E-state index in [4.69, 9.17) is 16.3 Å². The van der Waals surface area contributed by atoms with E-state index in [0.717, 1.165) is 62.3 Å². The molecule has 7 rings (SSSR count). The molecule has 0 radical (unpaired) electrons. The van der Waals surface area contributed by atoms with Crippen LogP contribution in [-0.2, 0) is 26.7 Å². The molecule has 2 aliphatic carbocycles. The molecule has 1 saturated heterocycles. The third kappa shape index (κ3) is 5.06.